The molecule has 1 aromatic carbocycles. The summed E-state index contributed by atoms with van der Waals surface area (Å²) in [6.07, 6.45) is 4.98. The van der Waals surface area contributed by atoms with E-state index in [-0.39, 0.29) is 5.56 Å². The Morgan fingerprint density at radius 3 is 2.84 bits per heavy atom. The van der Waals surface area contributed by atoms with Crippen LogP contribution in [0, 0.1) is 0 Å². The van der Waals surface area contributed by atoms with Crippen molar-refractivity contribution in [2.75, 3.05) is 12.8 Å². The van der Waals surface area contributed by atoms with Crippen LogP contribution in [-0.4, -0.2) is 17.4 Å². The molecule has 19 heavy (non-hydrogen) atoms. The summed E-state index contributed by atoms with van der Waals surface area (Å²) < 4.78 is 2.56. The van der Waals surface area contributed by atoms with Crippen LogP contribution in [0.5, 0.6) is 0 Å². The molecule has 0 spiro atoms. The molecule has 2 heterocycles. The van der Waals surface area contributed by atoms with E-state index in [4.69, 9.17) is 0 Å². The van der Waals surface area contributed by atoms with Crippen molar-refractivity contribution in [1.29, 1.82) is 0 Å². The second-order valence-corrected chi connectivity index (χ2v) is 6.25. The van der Waals surface area contributed by atoms with Crippen LogP contribution in [0.2, 0.25) is 0 Å². The van der Waals surface area contributed by atoms with Crippen molar-refractivity contribution in [2.24, 2.45) is 4.99 Å². The number of benzene rings is 1. The largest absolute Gasteiger partial charge is 0.284 e. The first kappa shape index (κ1) is 12.7. The normalized spacial score (nSPS) is 15.1. The number of fused-ring (bicyclic) bond motifs is 1. The van der Waals surface area contributed by atoms with Gasteiger partial charge >= 0.3 is 0 Å². The highest BCUT2D eigenvalue weighted by atomic mass is 32.2. The van der Waals surface area contributed by atoms with Crippen LogP contribution in [-0.2, 0) is 6.54 Å². The summed E-state index contributed by atoms with van der Waals surface area (Å²) >= 11 is 3.21. The van der Waals surface area contributed by atoms with E-state index < -0.39 is 0 Å². The molecule has 1 aromatic heterocycles. The van der Waals surface area contributed by atoms with Gasteiger partial charge in [-0.25, -0.2) is 0 Å². The van der Waals surface area contributed by atoms with Crippen LogP contribution in [0.4, 0.5) is 0 Å². The maximum absolute atomic E-state index is 12.2. The second kappa shape index (κ2) is 5.35. The fourth-order valence-corrected chi connectivity index (χ4v) is 3.52. The molecule has 2 aromatic rings. The SMILES string of the molecule is CSc1ccc(C=c2sc3n(c2=O)CCCN=3)cc1. The van der Waals surface area contributed by atoms with Crippen LogP contribution in [0.1, 0.15) is 12.0 Å². The van der Waals surface area contributed by atoms with Crippen LogP contribution >= 0.6 is 23.1 Å². The summed E-state index contributed by atoms with van der Waals surface area (Å²) in [6, 6.07) is 8.25. The Bertz CT molecular complexity index is 756. The van der Waals surface area contributed by atoms with Crippen LogP contribution in [0.25, 0.3) is 6.08 Å². The Kier molecular flexibility index (Phi) is 3.57. The fourth-order valence-electron chi connectivity index (χ4n) is 2.08. The molecule has 0 N–H and O–H groups in total. The molecular formula is C14H14N2OS2. The third-order valence-electron chi connectivity index (χ3n) is 3.09. The number of aromatic nitrogens is 1. The molecule has 0 saturated carbocycles. The van der Waals surface area contributed by atoms with Gasteiger partial charge in [-0.3, -0.25) is 14.4 Å². The van der Waals surface area contributed by atoms with Crippen LogP contribution < -0.4 is 14.9 Å². The lowest BCUT2D eigenvalue weighted by molar-refractivity contribution is 0.573. The van der Waals surface area contributed by atoms with Crippen molar-refractivity contribution in [3.63, 3.8) is 0 Å². The van der Waals surface area contributed by atoms with E-state index in [1.165, 1.54) is 16.2 Å². The molecule has 0 bridgehead atoms. The van der Waals surface area contributed by atoms with Gasteiger partial charge in [0.2, 0.25) is 0 Å². The van der Waals surface area contributed by atoms with Gasteiger partial charge in [0.05, 0.1) is 4.53 Å². The summed E-state index contributed by atoms with van der Waals surface area (Å²) in [7, 11) is 0. The Hall–Kier alpha value is -1.33. The summed E-state index contributed by atoms with van der Waals surface area (Å²) in [5.41, 5.74) is 1.16. The lowest BCUT2D eigenvalue weighted by Crippen LogP contribution is -2.33. The standard InChI is InChI=1S/C14H14N2OS2/c1-18-11-5-3-10(4-6-11)9-12-13(17)16-8-2-7-15-14(16)19-12/h3-6,9H,2,7-8H2,1H3. The first-order chi connectivity index (χ1) is 9.28. The number of hydrogen-bond acceptors (Lipinski definition) is 4. The molecule has 0 unspecified atom stereocenters. The summed E-state index contributed by atoms with van der Waals surface area (Å²) in [5, 5.41) is 0. The lowest BCUT2D eigenvalue weighted by Gasteiger charge is -2.03. The van der Waals surface area contributed by atoms with Crippen molar-refractivity contribution in [1.82, 2.24) is 4.57 Å². The summed E-state index contributed by atoms with van der Waals surface area (Å²) in [6.45, 7) is 1.63. The zero-order chi connectivity index (χ0) is 13.2. The van der Waals surface area contributed by atoms with Crippen molar-refractivity contribution >= 4 is 29.2 Å². The van der Waals surface area contributed by atoms with E-state index in [1.807, 2.05) is 18.2 Å². The highest BCUT2D eigenvalue weighted by molar-refractivity contribution is 7.98. The summed E-state index contributed by atoms with van der Waals surface area (Å²) in [4.78, 5) is 18.7. The first-order valence-corrected chi connectivity index (χ1v) is 8.22. The van der Waals surface area contributed by atoms with Gasteiger partial charge < -0.3 is 0 Å². The number of thiazole rings is 1. The third kappa shape index (κ3) is 2.53. The van der Waals surface area contributed by atoms with E-state index in [1.54, 1.807) is 16.3 Å². The number of thioether (sulfide) groups is 1. The Labute approximate surface area is 119 Å². The summed E-state index contributed by atoms with van der Waals surface area (Å²) in [5.74, 6) is 0. The third-order valence-corrected chi connectivity index (χ3v) is 4.88. The van der Waals surface area contributed by atoms with E-state index in [2.05, 4.69) is 23.4 Å². The molecule has 0 fully saturated rings. The topological polar surface area (TPSA) is 34.4 Å². The van der Waals surface area contributed by atoms with Crippen LogP contribution in [0.15, 0.2) is 38.9 Å². The minimum atomic E-state index is 0.0948. The maximum atomic E-state index is 12.2. The molecule has 3 rings (SSSR count). The monoisotopic (exact) mass is 290 g/mol. The highest BCUT2D eigenvalue weighted by Crippen LogP contribution is 2.14. The van der Waals surface area contributed by atoms with Crippen molar-refractivity contribution < 1.29 is 0 Å². The smallest absolute Gasteiger partial charge is 0.270 e. The van der Waals surface area contributed by atoms with Gasteiger partial charge in [0.25, 0.3) is 5.56 Å². The molecule has 0 aliphatic carbocycles. The molecule has 0 radical (unpaired) electrons. The first-order valence-electron chi connectivity index (χ1n) is 6.18. The van der Waals surface area contributed by atoms with E-state index in [0.29, 0.717) is 0 Å². The average molecular weight is 290 g/mol. The molecule has 0 amide bonds. The van der Waals surface area contributed by atoms with Gasteiger partial charge in [-0.15, -0.1) is 11.8 Å². The molecule has 0 saturated heterocycles. The zero-order valence-corrected chi connectivity index (χ0v) is 12.3. The highest BCUT2D eigenvalue weighted by Gasteiger charge is 2.08. The molecule has 1 aliphatic heterocycles. The minimum Gasteiger partial charge on any atom is -0.284 e. The minimum absolute atomic E-state index is 0.0948. The second-order valence-electron chi connectivity index (χ2n) is 4.36. The van der Waals surface area contributed by atoms with E-state index in [0.717, 1.165) is 34.4 Å². The van der Waals surface area contributed by atoms with Crippen molar-refractivity contribution in [3.05, 3.63) is 49.5 Å². The van der Waals surface area contributed by atoms with Gasteiger partial charge in [-0.2, -0.15) is 0 Å². The number of hydrogen-bond donors (Lipinski definition) is 0. The molecule has 0 atom stereocenters. The Balaban J connectivity index is 2.09. The molecule has 1 aliphatic rings. The van der Waals surface area contributed by atoms with Crippen molar-refractivity contribution in [3.8, 4) is 0 Å². The van der Waals surface area contributed by atoms with E-state index in [9.17, 15) is 4.79 Å². The predicted molar refractivity (Wildman–Crippen MR) is 80.6 cm³/mol. The van der Waals surface area contributed by atoms with Gasteiger partial charge in [-0.05, 0) is 36.4 Å². The molecule has 98 valence electrons. The van der Waals surface area contributed by atoms with Crippen molar-refractivity contribution in [2.45, 2.75) is 17.9 Å². The Morgan fingerprint density at radius 1 is 1.37 bits per heavy atom. The number of rotatable bonds is 2. The van der Waals surface area contributed by atoms with Gasteiger partial charge in [0.15, 0.2) is 4.80 Å². The van der Waals surface area contributed by atoms with E-state index >= 15 is 0 Å². The van der Waals surface area contributed by atoms with Crippen LogP contribution in [0.3, 0.4) is 0 Å². The number of nitrogens with zero attached hydrogens (tertiary/aromatic N) is 2. The average Bonchev–Trinajstić information content (AvgIpc) is 2.77. The fraction of sp³-hybridized carbons (Fsp3) is 0.286. The molecule has 3 nitrogen and oxygen atoms in total. The quantitative estimate of drug-likeness (QED) is 0.785. The maximum Gasteiger partial charge on any atom is 0.270 e. The molecule has 5 heteroatoms. The van der Waals surface area contributed by atoms with Gasteiger partial charge in [0.1, 0.15) is 0 Å². The zero-order valence-electron chi connectivity index (χ0n) is 10.6. The Morgan fingerprint density at radius 2 is 2.16 bits per heavy atom. The molecular weight excluding hydrogens is 276 g/mol. The lowest BCUT2D eigenvalue weighted by atomic mass is 10.2. The van der Waals surface area contributed by atoms with Gasteiger partial charge in [0, 0.05) is 18.0 Å². The predicted octanol–water partition coefficient (Wildman–Crippen LogP) is 1.48. The van der Waals surface area contributed by atoms with Gasteiger partial charge in [-0.1, -0.05) is 23.5 Å².